The van der Waals surface area contributed by atoms with E-state index < -0.39 is 0 Å². The molecule has 3 heteroatoms. The fourth-order valence-corrected chi connectivity index (χ4v) is 4.08. The summed E-state index contributed by atoms with van der Waals surface area (Å²) in [6.07, 6.45) is 6.74. The van der Waals surface area contributed by atoms with Gasteiger partial charge in [0, 0.05) is 18.2 Å². The van der Waals surface area contributed by atoms with Gasteiger partial charge in [0.1, 0.15) is 0 Å². The second-order valence-corrected chi connectivity index (χ2v) is 7.62. The first-order valence-electron chi connectivity index (χ1n) is 9.84. The van der Waals surface area contributed by atoms with E-state index in [9.17, 15) is 4.79 Å². The van der Waals surface area contributed by atoms with Crippen LogP contribution in [0.5, 0.6) is 0 Å². The van der Waals surface area contributed by atoms with Gasteiger partial charge in [0.2, 0.25) is 5.91 Å². The van der Waals surface area contributed by atoms with E-state index >= 15 is 0 Å². The maximum atomic E-state index is 12.3. The molecule has 0 heterocycles. The lowest BCUT2D eigenvalue weighted by atomic mass is 9.74. The topological polar surface area (TPSA) is 32.3 Å². The zero-order valence-corrected chi connectivity index (χ0v) is 16.4. The van der Waals surface area contributed by atoms with Crippen molar-refractivity contribution in [1.82, 2.24) is 10.2 Å². The minimum absolute atomic E-state index is 0.0398. The van der Waals surface area contributed by atoms with E-state index in [4.69, 9.17) is 0 Å². The molecule has 3 nitrogen and oxygen atoms in total. The van der Waals surface area contributed by atoms with Crippen LogP contribution in [-0.4, -0.2) is 31.4 Å². The number of nitrogens with zero attached hydrogens (tertiary/aromatic N) is 1. The number of rotatable bonds is 6. The van der Waals surface area contributed by atoms with Crippen molar-refractivity contribution in [3.8, 4) is 0 Å². The van der Waals surface area contributed by atoms with Gasteiger partial charge in [0.05, 0.1) is 0 Å². The summed E-state index contributed by atoms with van der Waals surface area (Å²) in [5.74, 6) is 0.0398. The summed E-state index contributed by atoms with van der Waals surface area (Å²) in [5.41, 5.74) is 3.96. The molecule has 0 saturated heterocycles. The Kier molecular flexibility index (Phi) is 6.46. The Balaban J connectivity index is 1.55. The van der Waals surface area contributed by atoms with E-state index in [1.807, 2.05) is 24.3 Å². The molecule has 1 saturated carbocycles. The van der Waals surface area contributed by atoms with E-state index in [2.05, 4.69) is 66.8 Å². The molecule has 2 aromatic carbocycles. The molecular weight excluding hydrogens is 332 g/mol. The van der Waals surface area contributed by atoms with Crippen LogP contribution in [0.2, 0.25) is 0 Å². The molecule has 0 unspecified atom stereocenters. The number of nitrogens with one attached hydrogen (secondary N) is 1. The van der Waals surface area contributed by atoms with Crippen LogP contribution in [0.1, 0.15) is 36.8 Å². The molecule has 0 aromatic heterocycles. The van der Waals surface area contributed by atoms with Crippen LogP contribution in [0, 0.1) is 0 Å². The van der Waals surface area contributed by atoms with Crippen molar-refractivity contribution in [2.24, 2.45) is 0 Å². The molecule has 0 bridgehead atoms. The third-order valence-corrected chi connectivity index (χ3v) is 5.78. The summed E-state index contributed by atoms with van der Waals surface area (Å²) in [4.78, 5) is 14.6. The lowest BCUT2D eigenvalue weighted by Gasteiger charge is -2.44. The number of amides is 1. The lowest BCUT2D eigenvalue weighted by molar-refractivity contribution is -0.116. The second-order valence-electron chi connectivity index (χ2n) is 7.62. The van der Waals surface area contributed by atoms with Crippen LogP contribution in [0.15, 0.2) is 72.3 Å². The highest BCUT2D eigenvalue weighted by Gasteiger charge is 2.37. The quantitative estimate of drug-likeness (QED) is 0.777. The van der Waals surface area contributed by atoms with Crippen LogP contribution in [-0.2, 0) is 16.8 Å². The fourth-order valence-electron chi connectivity index (χ4n) is 4.08. The normalized spacial score (nSPS) is 19.7. The van der Waals surface area contributed by atoms with Crippen LogP contribution in [0.25, 0.3) is 0 Å². The Morgan fingerprint density at radius 3 is 2.19 bits per heavy atom. The van der Waals surface area contributed by atoms with E-state index in [1.54, 1.807) is 0 Å². The minimum Gasteiger partial charge on any atom is -0.352 e. The molecule has 0 atom stereocenters. The minimum atomic E-state index is 0.0398. The predicted molar refractivity (Wildman–Crippen MR) is 112 cm³/mol. The third-order valence-electron chi connectivity index (χ3n) is 5.78. The summed E-state index contributed by atoms with van der Waals surface area (Å²) in [6, 6.07) is 21.0. The molecular formula is C24H30N2O. The molecule has 2 aromatic rings. The number of hydrogen-bond donors (Lipinski definition) is 1. The number of hydrogen-bond acceptors (Lipinski definition) is 2. The molecule has 1 N–H and O–H groups in total. The Bertz CT molecular complexity index is 755. The van der Waals surface area contributed by atoms with E-state index in [0.29, 0.717) is 6.54 Å². The summed E-state index contributed by atoms with van der Waals surface area (Å²) in [6.45, 7) is 0.679. The molecule has 1 aliphatic rings. The Morgan fingerprint density at radius 2 is 1.59 bits per heavy atom. The molecule has 0 spiro atoms. The number of benzene rings is 2. The molecule has 27 heavy (non-hydrogen) atoms. The molecule has 1 fully saturated rings. The molecule has 3 rings (SSSR count). The van der Waals surface area contributed by atoms with Gasteiger partial charge in [-0.2, -0.15) is 0 Å². The van der Waals surface area contributed by atoms with E-state index in [-0.39, 0.29) is 11.4 Å². The van der Waals surface area contributed by atoms with Gasteiger partial charge < -0.3 is 5.32 Å². The zero-order valence-electron chi connectivity index (χ0n) is 16.4. The Labute approximate surface area is 163 Å². The highest BCUT2D eigenvalue weighted by atomic mass is 16.1. The van der Waals surface area contributed by atoms with Crippen LogP contribution < -0.4 is 5.32 Å². The zero-order chi connectivity index (χ0) is 19.1. The average molecular weight is 363 g/mol. The van der Waals surface area contributed by atoms with Crippen LogP contribution in [0.3, 0.4) is 0 Å². The van der Waals surface area contributed by atoms with Crippen LogP contribution in [0.4, 0.5) is 0 Å². The van der Waals surface area contributed by atoms with Gasteiger partial charge in [-0.25, -0.2) is 0 Å². The lowest BCUT2D eigenvalue weighted by Crippen LogP contribution is -2.43. The number of carbonyl (C=O) groups excluding carboxylic acids is 1. The van der Waals surface area contributed by atoms with Crippen molar-refractivity contribution in [3.63, 3.8) is 0 Å². The summed E-state index contributed by atoms with van der Waals surface area (Å²) < 4.78 is 0. The first kappa shape index (κ1) is 19.4. The Morgan fingerprint density at radius 1 is 1.00 bits per heavy atom. The standard InChI is InChI=1S/C24H30N2O/c1-26(2)24(22-11-7-4-8-12-22)16-13-21(14-17-24)19-23(27)25-18-15-20-9-5-3-6-10-20/h3-12,19H,13-18H2,1-2H3,(H,25,27). The van der Waals surface area contributed by atoms with Gasteiger partial charge in [-0.15, -0.1) is 0 Å². The summed E-state index contributed by atoms with van der Waals surface area (Å²) in [7, 11) is 4.33. The summed E-state index contributed by atoms with van der Waals surface area (Å²) in [5, 5.41) is 3.03. The van der Waals surface area contributed by atoms with Crippen molar-refractivity contribution in [2.75, 3.05) is 20.6 Å². The van der Waals surface area contributed by atoms with Crippen molar-refractivity contribution < 1.29 is 4.79 Å². The Hall–Kier alpha value is -2.39. The van der Waals surface area contributed by atoms with Gasteiger partial charge in [-0.05, 0) is 57.3 Å². The number of carbonyl (C=O) groups is 1. The monoisotopic (exact) mass is 362 g/mol. The van der Waals surface area contributed by atoms with Crippen molar-refractivity contribution >= 4 is 5.91 Å². The van der Waals surface area contributed by atoms with Gasteiger partial charge in [0.25, 0.3) is 0 Å². The first-order chi connectivity index (χ1) is 13.1. The van der Waals surface area contributed by atoms with E-state index in [0.717, 1.165) is 32.1 Å². The summed E-state index contributed by atoms with van der Waals surface area (Å²) >= 11 is 0. The molecule has 1 amide bonds. The molecule has 0 aliphatic heterocycles. The van der Waals surface area contributed by atoms with Gasteiger partial charge in [-0.3, -0.25) is 9.69 Å². The fraction of sp³-hybridized carbons (Fsp3) is 0.375. The van der Waals surface area contributed by atoms with Gasteiger partial charge in [-0.1, -0.05) is 66.2 Å². The average Bonchev–Trinajstić information content (AvgIpc) is 2.70. The van der Waals surface area contributed by atoms with Gasteiger partial charge >= 0.3 is 0 Å². The first-order valence-corrected chi connectivity index (χ1v) is 9.84. The molecule has 142 valence electrons. The molecule has 0 radical (unpaired) electrons. The number of allylic oxidation sites excluding steroid dienone is 1. The SMILES string of the molecule is CN(C)C1(c2ccccc2)CCC(=CC(=O)NCCc2ccccc2)CC1. The van der Waals surface area contributed by atoms with Gasteiger partial charge in [0.15, 0.2) is 0 Å². The smallest absolute Gasteiger partial charge is 0.243 e. The second kappa shape index (κ2) is 9.01. The highest BCUT2D eigenvalue weighted by molar-refractivity contribution is 5.88. The van der Waals surface area contributed by atoms with Crippen molar-refractivity contribution in [1.29, 1.82) is 0 Å². The van der Waals surface area contributed by atoms with E-state index in [1.165, 1.54) is 16.7 Å². The van der Waals surface area contributed by atoms with Crippen molar-refractivity contribution in [2.45, 2.75) is 37.6 Å². The highest BCUT2D eigenvalue weighted by Crippen LogP contribution is 2.42. The molecule has 1 aliphatic carbocycles. The largest absolute Gasteiger partial charge is 0.352 e. The predicted octanol–water partition coefficient (Wildman–Crippen LogP) is 4.30. The van der Waals surface area contributed by atoms with Crippen LogP contribution >= 0.6 is 0 Å². The third kappa shape index (κ3) is 4.86. The maximum Gasteiger partial charge on any atom is 0.243 e. The van der Waals surface area contributed by atoms with Crippen molar-refractivity contribution in [3.05, 3.63) is 83.4 Å². The maximum absolute atomic E-state index is 12.3.